The second-order valence-electron chi connectivity index (χ2n) is 6.04. The molecule has 0 amide bonds. The van der Waals surface area contributed by atoms with Crippen molar-refractivity contribution in [2.24, 2.45) is 11.8 Å². The molecule has 0 saturated carbocycles. The first-order valence-corrected chi connectivity index (χ1v) is 6.43. The van der Waals surface area contributed by atoms with E-state index in [0.717, 1.165) is 5.92 Å². The van der Waals surface area contributed by atoms with Gasteiger partial charge in [-0.2, -0.15) is 0 Å². The lowest BCUT2D eigenvalue weighted by Crippen LogP contribution is -2.30. The fourth-order valence-corrected chi connectivity index (χ4v) is 2.47. The molecule has 0 saturated heterocycles. The van der Waals surface area contributed by atoms with Crippen LogP contribution in [0, 0.1) is 18.8 Å². The van der Waals surface area contributed by atoms with Gasteiger partial charge in [-0.1, -0.05) is 64.4 Å². The van der Waals surface area contributed by atoms with Gasteiger partial charge in [0.25, 0.3) is 0 Å². The highest BCUT2D eigenvalue weighted by Crippen LogP contribution is 2.37. The predicted octanol–water partition coefficient (Wildman–Crippen LogP) is 4.95. The van der Waals surface area contributed by atoms with Crippen LogP contribution in [0.2, 0.25) is 0 Å². The zero-order valence-electron chi connectivity index (χ0n) is 11.7. The second-order valence-corrected chi connectivity index (χ2v) is 6.04. The third kappa shape index (κ3) is 2.87. The molecular weight excluding hydrogens is 192 g/mol. The summed E-state index contributed by atoms with van der Waals surface area (Å²) in [6, 6.07) is 9.07. The first-order chi connectivity index (χ1) is 7.36. The fraction of sp³-hybridized carbons (Fsp3) is 0.625. The Balaban J connectivity index is 3.06. The molecule has 0 aromatic heterocycles. The zero-order chi connectivity index (χ0) is 12.3. The Morgan fingerprint density at radius 3 is 1.88 bits per heavy atom. The summed E-state index contributed by atoms with van der Waals surface area (Å²) in [5.41, 5.74) is 3.14. The monoisotopic (exact) mass is 218 g/mol. The zero-order valence-corrected chi connectivity index (χ0v) is 11.7. The topological polar surface area (TPSA) is 0 Å². The van der Waals surface area contributed by atoms with Crippen LogP contribution in [0.25, 0.3) is 0 Å². The average Bonchev–Trinajstić information content (AvgIpc) is 2.17. The largest absolute Gasteiger partial charge is 0.0627 e. The van der Waals surface area contributed by atoms with E-state index in [0.29, 0.717) is 11.3 Å². The van der Waals surface area contributed by atoms with E-state index in [1.165, 1.54) is 17.5 Å². The lowest BCUT2D eigenvalue weighted by Gasteiger charge is -2.36. The number of hydrogen-bond donors (Lipinski definition) is 0. The minimum absolute atomic E-state index is 0.307. The molecule has 0 bridgehead atoms. The van der Waals surface area contributed by atoms with Crippen molar-refractivity contribution in [1.82, 2.24) is 0 Å². The van der Waals surface area contributed by atoms with Crippen molar-refractivity contribution in [2.45, 2.75) is 53.4 Å². The summed E-state index contributed by atoms with van der Waals surface area (Å²) in [6.45, 7) is 13.9. The Kier molecular flexibility index (Phi) is 4.18. The molecule has 0 aliphatic carbocycles. The smallest absolute Gasteiger partial charge is 0.00499 e. The Morgan fingerprint density at radius 1 is 1.00 bits per heavy atom. The minimum Gasteiger partial charge on any atom is -0.0627 e. The van der Waals surface area contributed by atoms with Crippen LogP contribution in [0.3, 0.4) is 0 Å². The molecule has 1 aromatic rings. The number of hydrogen-bond acceptors (Lipinski definition) is 0. The summed E-state index contributed by atoms with van der Waals surface area (Å²) in [6.07, 6.45) is 1.26. The third-order valence-corrected chi connectivity index (χ3v) is 3.82. The highest BCUT2D eigenvalue weighted by Gasteiger charge is 2.30. The fourth-order valence-electron chi connectivity index (χ4n) is 2.47. The van der Waals surface area contributed by atoms with Crippen LogP contribution in [0.4, 0.5) is 0 Å². The highest BCUT2D eigenvalue weighted by molar-refractivity contribution is 5.28. The molecular formula is C16H26. The van der Waals surface area contributed by atoms with Crippen molar-refractivity contribution >= 4 is 0 Å². The van der Waals surface area contributed by atoms with Crippen LogP contribution < -0.4 is 0 Å². The Bertz CT molecular complexity index is 318. The molecule has 0 heteroatoms. The first-order valence-electron chi connectivity index (χ1n) is 6.43. The van der Waals surface area contributed by atoms with Crippen LogP contribution in [0.1, 0.15) is 52.2 Å². The maximum atomic E-state index is 2.41. The first kappa shape index (κ1) is 13.3. The summed E-state index contributed by atoms with van der Waals surface area (Å²) in [5, 5.41) is 0. The maximum Gasteiger partial charge on any atom is -0.00499 e. The molecule has 0 radical (unpaired) electrons. The quantitative estimate of drug-likeness (QED) is 0.670. The molecule has 0 fully saturated rings. The predicted molar refractivity (Wildman–Crippen MR) is 72.8 cm³/mol. The lowest BCUT2D eigenvalue weighted by atomic mass is 9.68. The molecule has 0 aliphatic heterocycles. The molecule has 1 rings (SSSR count). The van der Waals surface area contributed by atoms with E-state index >= 15 is 0 Å². The van der Waals surface area contributed by atoms with E-state index in [9.17, 15) is 0 Å². The number of rotatable bonds is 4. The van der Waals surface area contributed by atoms with Gasteiger partial charge in [-0.15, -0.1) is 0 Å². The van der Waals surface area contributed by atoms with Crippen LogP contribution in [-0.4, -0.2) is 0 Å². The second kappa shape index (κ2) is 5.03. The van der Waals surface area contributed by atoms with Gasteiger partial charge in [-0.3, -0.25) is 0 Å². The van der Waals surface area contributed by atoms with Crippen molar-refractivity contribution in [3.8, 4) is 0 Å². The molecule has 0 N–H and O–H groups in total. The molecule has 16 heavy (non-hydrogen) atoms. The Morgan fingerprint density at radius 2 is 1.50 bits per heavy atom. The van der Waals surface area contributed by atoms with E-state index < -0.39 is 0 Å². The lowest BCUT2D eigenvalue weighted by molar-refractivity contribution is 0.276. The summed E-state index contributed by atoms with van der Waals surface area (Å²) in [4.78, 5) is 0. The van der Waals surface area contributed by atoms with Gasteiger partial charge >= 0.3 is 0 Å². The van der Waals surface area contributed by atoms with Gasteiger partial charge in [0.15, 0.2) is 0 Å². The standard InChI is InChI=1S/C16H26/c1-12(2)11-16(6,13(3)4)15-9-7-14(5)8-10-15/h7-10,12-13H,11H2,1-6H3. The van der Waals surface area contributed by atoms with Gasteiger partial charge in [0, 0.05) is 0 Å². The van der Waals surface area contributed by atoms with Gasteiger partial charge in [0.05, 0.1) is 0 Å². The minimum atomic E-state index is 0.307. The van der Waals surface area contributed by atoms with E-state index in [2.05, 4.69) is 65.8 Å². The van der Waals surface area contributed by atoms with Gasteiger partial charge in [0.1, 0.15) is 0 Å². The van der Waals surface area contributed by atoms with Crippen LogP contribution in [0.5, 0.6) is 0 Å². The van der Waals surface area contributed by atoms with E-state index in [1.807, 2.05) is 0 Å². The van der Waals surface area contributed by atoms with Gasteiger partial charge in [-0.25, -0.2) is 0 Å². The normalized spacial score (nSPS) is 15.5. The van der Waals surface area contributed by atoms with Crippen molar-refractivity contribution in [3.63, 3.8) is 0 Å². The molecule has 90 valence electrons. The van der Waals surface area contributed by atoms with Crippen LogP contribution >= 0.6 is 0 Å². The molecule has 0 spiro atoms. The van der Waals surface area contributed by atoms with Gasteiger partial charge in [-0.05, 0) is 36.2 Å². The summed E-state index contributed by atoms with van der Waals surface area (Å²) in [5.74, 6) is 1.42. The number of aryl methyl sites for hydroxylation is 1. The van der Waals surface area contributed by atoms with Crippen molar-refractivity contribution in [2.75, 3.05) is 0 Å². The summed E-state index contributed by atoms with van der Waals surface area (Å²) in [7, 11) is 0. The van der Waals surface area contributed by atoms with Crippen molar-refractivity contribution < 1.29 is 0 Å². The molecule has 0 nitrogen and oxygen atoms in total. The highest BCUT2D eigenvalue weighted by atomic mass is 14.3. The Hall–Kier alpha value is -0.780. The maximum absolute atomic E-state index is 2.41. The summed E-state index contributed by atoms with van der Waals surface area (Å²) < 4.78 is 0. The van der Waals surface area contributed by atoms with E-state index in [4.69, 9.17) is 0 Å². The van der Waals surface area contributed by atoms with Gasteiger partial charge < -0.3 is 0 Å². The molecule has 1 unspecified atom stereocenters. The molecule has 1 aromatic carbocycles. The molecule has 0 heterocycles. The summed E-state index contributed by atoms with van der Waals surface area (Å²) >= 11 is 0. The Labute approximate surface area is 101 Å². The van der Waals surface area contributed by atoms with Crippen LogP contribution in [0.15, 0.2) is 24.3 Å². The SMILES string of the molecule is Cc1ccc(C(C)(CC(C)C)C(C)C)cc1. The third-order valence-electron chi connectivity index (χ3n) is 3.82. The number of benzene rings is 1. The van der Waals surface area contributed by atoms with Crippen molar-refractivity contribution in [3.05, 3.63) is 35.4 Å². The average molecular weight is 218 g/mol. The van der Waals surface area contributed by atoms with E-state index in [-0.39, 0.29) is 0 Å². The van der Waals surface area contributed by atoms with Gasteiger partial charge in [0.2, 0.25) is 0 Å². The van der Waals surface area contributed by atoms with E-state index in [1.54, 1.807) is 0 Å². The van der Waals surface area contributed by atoms with Crippen molar-refractivity contribution in [1.29, 1.82) is 0 Å². The molecule has 0 aliphatic rings. The molecule has 1 atom stereocenters. The van der Waals surface area contributed by atoms with Crippen LogP contribution in [-0.2, 0) is 5.41 Å².